The van der Waals surface area contributed by atoms with Crippen molar-refractivity contribution < 1.29 is 19.2 Å². The molecule has 0 N–H and O–H groups in total. The number of hydrogen-bond donors (Lipinski definition) is 0. The highest BCUT2D eigenvalue weighted by Crippen LogP contribution is 2.24. The molecular weight excluding hydrogens is 300 g/mol. The van der Waals surface area contributed by atoms with E-state index in [0.29, 0.717) is 0 Å². The monoisotopic (exact) mass is 318 g/mol. The first kappa shape index (κ1) is 16.7. The Morgan fingerprint density at radius 1 is 1.35 bits per heavy atom. The number of β-lactam (4-membered cyclic amide) rings is 1. The van der Waals surface area contributed by atoms with Crippen molar-refractivity contribution >= 4 is 23.8 Å². The molecule has 1 aromatic rings. The van der Waals surface area contributed by atoms with Crippen LogP contribution in [0.25, 0.3) is 6.08 Å². The topological polar surface area (TPSA) is 89.8 Å². The average Bonchev–Trinajstić information content (AvgIpc) is 2.41. The number of nitrogens with zero attached hydrogens (tertiary/aromatic N) is 2. The van der Waals surface area contributed by atoms with Gasteiger partial charge in [-0.05, 0) is 38.5 Å². The van der Waals surface area contributed by atoms with Gasteiger partial charge in [0.15, 0.2) is 0 Å². The zero-order valence-corrected chi connectivity index (χ0v) is 13.2. The fourth-order valence-electron chi connectivity index (χ4n) is 2.07. The van der Waals surface area contributed by atoms with Crippen LogP contribution in [0.15, 0.2) is 30.3 Å². The van der Waals surface area contributed by atoms with E-state index in [0.717, 1.165) is 10.5 Å². The van der Waals surface area contributed by atoms with Gasteiger partial charge in [0.1, 0.15) is 5.60 Å². The maximum Gasteiger partial charge on any atom is 0.417 e. The molecule has 1 aliphatic rings. The fourth-order valence-corrected chi connectivity index (χ4v) is 2.07. The maximum absolute atomic E-state index is 12.0. The smallest absolute Gasteiger partial charge is 0.417 e. The lowest BCUT2D eigenvalue weighted by Crippen LogP contribution is -2.55. The third-order valence-corrected chi connectivity index (χ3v) is 3.19. The second-order valence-corrected chi connectivity index (χ2v) is 6.22. The van der Waals surface area contributed by atoms with E-state index in [-0.39, 0.29) is 24.1 Å². The third-order valence-electron chi connectivity index (χ3n) is 3.19. The summed E-state index contributed by atoms with van der Waals surface area (Å²) in [5.41, 5.74) is 0.0926. The molecule has 7 nitrogen and oxygen atoms in total. The minimum absolute atomic E-state index is 0.0105. The molecule has 122 valence electrons. The summed E-state index contributed by atoms with van der Waals surface area (Å²) >= 11 is 0. The van der Waals surface area contributed by atoms with Gasteiger partial charge in [-0.1, -0.05) is 12.2 Å². The molecule has 23 heavy (non-hydrogen) atoms. The van der Waals surface area contributed by atoms with Gasteiger partial charge in [0.2, 0.25) is 5.91 Å². The molecule has 0 aliphatic carbocycles. The summed E-state index contributed by atoms with van der Waals surface area (Å²) in [4.78, 5) is 34.8. The Hall–Kier alpha value is -2.70. The van der Waals surface area contributed by atoms with E-state index in [2.05, 4.69) is 0 Å². The Morgan fingerprint density at radius 2 is 1.96 bits per heavy atom. The van der Waals surface area contributed by atoms with E-state index in [1.165, 1.54) is 12.1 Å². The summed E-state index contributed by atoms with van der Waals surface area (Å²) in [5, 5.41) is 10.6. The van der Waals surface area contributed by atoms with Crippen LogP contribution in [0, 0.1) is 10.1 Å². The van der Waals surface area contributed by atoms with Crippen molar-refractivity contribution in [3.05, 3.63) is 46.0 Å². The van der Waals surface area contributed by atoms with Crippen LogP contribution < -0.4 is 0 Å². The van der Waals surface area contributed by atoms with Crippen LogP contribution in [-0.4, -0.2) is 33.5 Å². The van der Waals surface area contributed by atoms with Crippen molar-refractivity contribution in [3.8, 4) is 0 Å². The molecular formula is C16H18N2O5. The number of amides is 2. The van der Waals surface area contributed by atoms with Crippen LogP contribution in [-0.2, 0) is 9.53 Å². The van der Waals surface area contributed by atoms with Crippen molar-refractivity contribution in [3.63, 3.8) is 0 Å². The molecule has 0 bridgehead atoms. The lowest BCUT2D eigenvalue weighted by molar-refractivity contribution is -0.384. The number of ether oxygens (including phenoxy) is 1. The number of nitro groups is 1. The average molecular weight is 318 g/mol. The molecule has 1 aromatic carbocycles. The van der Waals surface area contributed by atoms with Crippen LogP contribution in [0.1, 0.15) is 32.8 Å². The van der Waals surface area contributed by atoms with Gasteiger partial charge in [-0.2, -0.15) is 0 Å². The molecule has 1 fully saturated rings. The summed E-state index contributed by atoms with van der Waals surface area (Å²) < 4.78 is 5.19. The minimum Gasteiger partial charge on any atom is -0.443 e. The Labute approximate surface area is 133 Å². The molecule has 0 aromatic heterocycles. The van der Waals surface area contributed by atoms with Crippen molar-refractivity contribution in [2.45, 2.75) is 38.8 Å². The Balaban J connectivity index is 2.03. The van der Waals surface area contributed by atoms with E-state index in [1.807, 2.05) is 0 Å². The third kappa shape index (κ3) is 4.15. The van der Waals surface area contributed by atoms with Gasteiger partial charge in [-0.3, -0.25) is 14.9 Å². The largest absolute Gasteiger partial charge is 0.443 e. The fraction of sp³-hybridized carbons (Fsp3) is 0.375. The van der Waals surface area contributed by atoms with E-state index >= 15 is 0 Å². The highest BCUT2D eigenvalue weighted by Gasteiger charge is 2.41. The standard InChI is InChI=1S/C16H18N2O5/c1-16(2,3)23-15(20)17-13(10-14(17)19)9-6-11-4-7-12(8-5-11)18(21)22/h4-9,13H,10H2,1-3H3/b9-6+. The zero-order valence-electron chi connectivity index (χ0n) is 13.2. The lowest BCUT2D eigenvalue weighted by Gasteiger charge is -2.37. The van der Waals surface area contributed by atoms with Gasteiger partial charge in [0, 0.05) is 12.1 Å². The summed E-state index contributed by atoms with van der Waals surface area (Å²) in [6.45, 7) is 5.20. The molecule has 7 heteroatoms. The molecule has 2 rings (SSSR count). The molecule has 0 saturated carbocycles. The maximum atomic E-state index is 12.0. The number of carbonyl (C=O) groups excluding carboxylic acids is 2. The lowest BCUT2D eigenvalue weighted by atomic mass is 10.0. The quantitative estimate of drug-likeness (QED) is 0.485. The van der Waals surface area contributed by atoms with Gasteiger partial charge in [-0.15, -0.1) is 0 Å². The Bertz CT molecular complexity index is 658. The molecule has 2 amide bonds. The van der Waals surface area contributed by atoms with Crippen LogP contribution in [0.5, 0.6) is 0 Å². The van der Waals surface area contributed by atoms with Gasteiger partial charge in [-0.25, -0.2) is 9.69 Å². The zero-order chi connectivity index (χ0) is 17.2. The second-order valence-electron chi connectivity index (χ2n) is 6.22. The Kier molecular flexibility index (Phi) is 4.49. The first-order chi connectivity index (χ1) is 10.7. The van der Waals surface area contributed by atoms with Crippen molar-refractivity contribution in [2.24, 2.45) is 0 Å². The number of carbonyl (C=O) groups is 2. The summed E-state index contributed by atoms with van der Waals surface area (Å²) in [6, 6.07) is 5.65. The van der Waals surface area contributed by atoms with E-state index < -0.39 is 16.6 Å². The normalized spacial score (nSPS) is 18.0. The Morgan fingerprint density at radius 3 is 2.43 bits per heavy atom. The summed E-state index contributed by atoms with van der Waals surface area (Å²) in [7, 11) is 0. The highest BCUT2D eigenvalue weighted by molar-refractivity contribution is 5.98. The predicted octanol–water partition coefficient (Wildman–Crippen LogP) is 3.14. The molecule has 1 atom stereocenters. The second kappa shape index (κ2) is 6.20. The SMILES string of the molecule is CC(C)(C)OC(=O)N1C(=O)CC1/C=C/c1ccc([N+](=O)[O-])cc1. The first-order valence-corrected chi connectivity index (χ1v) is 7.15. The number of imide groups is 1. The van der Waals surface area contributed by atoms with E-state index in [4.69, 9.17) is 4.74 Å². The highest BCUT2D eigenvalue weighted by atomic mass is 16.6. The number of benzene rings is 1. The number of nitro benzene ring substituents is 1. The molecule has 1 aliphatic heterocycles. The van der Waals surface area contributed by atoms with Crippen molar-refractivity contribution in [2.75, 3.05) is 0 Å². The molecule has 1 unspecified atom stereocenters. The van der Waals surface area contributed by atoms with Crippen LogP contribution in [0.2, 0.25) is 0 Å². The van der Waals surface area contributed by atoms with Crippen LogP contribution in [0.4, 0.5) is 10.5 Å². The van der Waals surface area contributed by atoms with Crippen molar-refractivity contribution in [1.82, 2.24) is 4.90 Å². The molecule has 0 spiro atoms. The number of non-ortho nitro benzene ring substituents is 1. The number of likely N-dealkylation sites (tertiary alicyclic amines) is 1. The van der Waals surface area contributed by atoms with Gasteiger partial charge in [0.05, 0.1) is 17.4 Å². The van der Waals surface area contributed by atoms with Crippen molar-refractivity contribution in [1.29, 1.82) is 0 Å². The number of hydrogen-bond acceptors (Lipinski definition) is 5. The van der Waals surface area contributed by atoms with E-state index in [1.54, 1.807) is 45.1 Å². The minimum atomic E-state index is -0.667. The van der Waals surface area contributed by atoms with E-state index in [9.17, 15) is 19.7 Å². The van der Waals surface area contributed by atoms with Crippen LogP contribution >= 0.6 is 0 Å². The number of rotatable bonds is 3. The first-order valence-electron chi connectivity index (χ1n) is 7.15. The van der Waals surface area contributed by atoms with Gasteiger partial charge < -0.3 is 4.74 Å². The molecule has 0 radical (unpaired) electrons. The van der Waals surface area contributed by atoms with Gasteiger partial charge in [0.25, 0.3) is 5.69 Å². The molecule has 1 saturated heterocycles. The van der Waals surface area contributed by atoms with Gasteiger partial charge >= 0.3 is 6.09 Å². The predicted molar refractivity (Wildman–Crippen MR) is 83.6 cm³/mol. The molecule has 1 heterocycles. The summed E-state index contributed by atoms with van der Waals surface area (Å²) in [6.07, 6.45) is 3.01. The van der Waals surface area contributed by atoms with Crippen LogP contribution in [0.3, 0.4) is 0 Å². The summed E-state index contributed by atoms with van der Waals surface area (Å²) in [5.74, 6) is -0.280.